The van der Waals surface area contributed by atoms with Crippen molar-refractivity contribution in [2.24, 2.45) is 11.8 Å². The van der Waals surface area contributed by atoms with Gasteiger partial charge < -0.3 is 5.32 Å². The molecule has 1 amide bonds. The molecule has 0 spiro atoms. The van der Waals surface area contributed by atoms with Crippen LogP contribution in [0.4, 0.5) is 5.69 Å². The van der Waals surface area contributed by atoms with E-state index in [0.29, 0.717) is 5.92 Å². The largest absolute Gasteiger partial charge is 0.326 e. The summed E-state index contributed by atoms with van der Waals surface area (Å²) in [6.45, 7) is 2.13. The fourth-order valence-electron chi connectivity index (χ4n) is 2.74. The minimum Gasteiger partial charge on any atom is -0.326 e. The maximum atomic E-state index is 11.8. The summed E-state index contributed by atoms with van der Waals surface area (Å²) in [6, 6.07) is 8.33. The Kier molecular flexibility index (Phi) is 3.83. The number of hydrogen-bond donors (Lipinski definition) is 1. The van der Waals surface area contributed by atoms with Crippen molar-refractivity contribution >= 4 is 23.4 Å². The molecule has 19 heavy (non-hydrogen) atoms. The predicted octanol–water partition coefficient (Wildman–Crippen LogP) is 4.32. The van der Waals surface area contributed by atoms with Crippen LogP contribution in [0.3, 0.4) is 0 Å². The molecule has 102 valence electrons. The Morgan fingerprint density at radius 3 is 2.42 bits per heavy atom. The van der Waals surface area contributed by atoms with Gasteiger partial charge >= 0.3 is 0 Å². The Hall–Kier alpha value is -0.960. The van der Waals surface area contributed by atoms with Gasteiger partial charge in [-0.2, -0.15) is 0 Å². The molecule has 0 heterocycles. The van der Waals surface area contributed by atoms with E-state index in [0.717, 1.165) is 17.4 Å². The zero-order valence-corrected chi connectivity index (χ0v) is 12.2. The highest BCUT2D eigenvalue weighted by Gasteiger charge is 2.38. The maximum absolute atomic E-state index is 11.8. The first-order valence-electron chi connectivity index (χ1n) is 7.30. The minimum absolute atomic E-state index is 0.184. The number of hydrogen-bond acceptors (Lipinski definition) is 2. The second kappa shape index (κ2) is 5.58. The molecule has 2 atom stereocenters. The van der Waals surface area contributed by atoms with Crippen LogP contribution >= 0.6 is 11.8 Å². The standard InChI is InChI=1S/C16H21NOS/c1-11-10-15(11)16(18)17-12-6-8-14(9-7-12)19-13-4-2-3-5-13/h6-9,11,13,15H,2-5,10H2,1H3,(H,17,18)/t11-,15-/m0/s1. The molecule has 2 nitrogen and oxygen atoms in total. The Morgan fingerprint density at radius 2 is 1.84 bits per heavy atom. The Labute approximate surface area is 119 Å². The summed E-state index contributed by atoms with van der Waals surface area (Å²) < 4.78 is 0. The van der Waals surface area contributed by atoms with E-state index < -0.39 is 0 Å². The SMILES string of the molecule is C[C@H]1C[C@@H]1C(=O)Nc1ccc(SC2CCCC2)cc1. The molecule has 0 bridgehead atoms. The van der Waals surface area contributed by atoms with Crippen molar-refractivity contribution in [1.82, 2.24) is 0 Å². The highest BCUT2D eigenvalue weighted by Crippen LogP contribution is 2.39. The predicted molar refractivity (Wildman–Crippen MR) is 80.5 cm³/mol. The molecule has 3 rings (SSSR count). The number of rotatable bonds is 4. The number of carbonyl (C=O) groups excluding carboxylic acids is 1. The Balaban J connectivity index is 1.54. The normalized spacial score (nSPS) is 26.4. The van der Waals surface area contributed by atoms with Gasteiger partial charge in [0.05, 0.1) is 0 Å². The second-order valence-electron chi connectivity index (χ2n) is 5.86. The monoisotopic (exact) mass is 275 g/mol. The summed E-state index contributed by atoms with van der Waals surface area (Å²) in [6.07, 6.45) is 6.50. The van der Waals surface area contributed by atoms with Crippen LogP contribution in [0.15, 0.2) is 29.2 Å². The molecule has 1 N–H and O–H groups in total. The smallest absolute Gasteiger partial charge is 0.227 e. The molecule has 1 aromatic rings. The number of thioether (sulfide) groups is 1. The van der Waals surface area contributed by atoms with Crippen LogP contribution in [0.25, 0.3) is 0 Å². The highest BCUT2D eigenvalue weighted by atomic mass is 32.2. The van der Waals surface area contributed by atoms with Crippen molar-refractivity contribution in [2.45, 2.75) is 49.2 Å². The van der Waals surface area contributed by atoms with Crippen molar-refractivity contribution in [3.05, 3.63) is 24.3 Å². The summed E-state index contributed by atoms with van der Waals surface area (Å²) in [4.78, 5) is 13.2. The van der Waals surface area contributed by atoms with Crippen LogP contribution in [0.5, 0.6) is 0 Å². The maximum Gasteiger partial charge on any atom is 0.227 e. The summed E-state index contributed by atoms with van der Waals surface area (Å²) in [5.41, 5.74) is 0.930. The number of benzene rings is 1. The first-order valence-corrected chi connectivity index (χ1v) is 8.18. The van der Waals surface area contributed by atoms with Crippen molar-refractivity contribution in [3.63, 3.8) is 0 Å². The van der Waals surface area contributed by atoms with Crippen molar-refractivity contribution in [1.29, 1.82) is 0 Å². The Morgan fingerprint density at radius 1 is 1.21 bits per heavy atom. The quantitative estimate of drug-likeness (QED) is 0.887. The van der Waals surface area contributed by atoms with Crippen LogP contribution in [-0.2, 0) is 4.79 Å². The third-order valence-corrected chi connectivity index (χ3v) is 5.52. The molecule has 2 fully saturated rings. The van der Waals surface area contributed by atoms with E-state index in [9.17, 15) is 4.79 Å². The topological polar surface area (TPSA) is 29.1 Å². The number of amides is 1. The molecule has 0 radical (unpaired) electrons. The molecule has 2 saturated carbocycles. The highest BCUT2D eigenvalue weighted by molar-refractivity contribution is 8.00. The molecule has 0 saturated heterocycles. The molecule has 2 aliphatic carbocycles. The van der Waals surface area contributed by atoms with Gasteiger partial charge in [0.1, 0.15) is 0 Å². The fourth-order valence-corrected chi connectivity index (χ4v) is 3.99. The lowest BCUT2D eigenvalue weighted by Crippen LogP contribution is -2.14. The van der Waals surface area contributed by atoms with Gasteiger partial charge in [0.2, 0.25) is 5.91 Å². The van der Waals surface area contributed by atoms with E-state index in [1.54, 1.807) is 0 Å². The third-order valence-electron chi connectivity index (χ3n) is 4.17. The van der Waals surface area contributed by atoms with Crippen LogP contribution < -0.4 is 5.32 Å². The lowest BCUT2D eigenvalue weighted by Gasteiger charge is -2.09. The first-order chi connectivity index (χ1) is 9.22. The van der Waals surface area contributed by atoms with Crippen LogP contribution in [0.1, 0.15) is 39.0 Å². The molecular weight excluding hydrogens is 254 g/mol. The number of anilines is 1. The van der Waals surface area contributed by atoms with E-state index in [2.05, 4.69) is 24.4 Å². The third kappa shape index (κ3) is 3.33. The van der Waals surface area contributed by atoms with E-state index in [1.807, 2.05) is 23.9 Å². The summed E-state index contributed by atoms with van der Waals surface area (Å²) >= 11 is 1.99. The van der Waals surface area contributed by atoms with Crippen LogP contribution in [0.2, 0.25) is 0 Å². The zero-order valence-electron chi connectivity index (χ0n) is 11.4. The van der Waals surface area contributed by atoms with Gasteiger partial charge in [0.25, 0.3) is 0 Å². The lowest BCUT2D eigenvalue weighted by atomic mass is 10.3. The minimum atomic E-state index is 0.184. The molecule has 0 aromatic heterocycles. The van der Waals surface area contributed by atoms with Gasteiger partial charge in [0, 0.05) is 21.8 Å². The van der Waals surface area contributed by atoms with Crippen LogP contribution in [-0.4, -0.2) is 11.2 Å². The van der Waals surface area contributed by atoms with Gasteiger partial charge in [-0.1, -0.05) is 19.8 Å². The zero-order chi connectivity index (χ0) is 13.2. The average Bonchev–Trinajstić information content (AvgIpc) is 2.92. The van der Waals surface area contributed by atoms with Gasteiger partial charge in [-0.25, -0.2) is 0 Å². The van der Waals surface area contributed by atoms with Gasteiger partial charge in [0.15, 0.2) is 0 Å². The molecule has 2 aliphatic rings. The van der Waals surface area contributed by atoms with E-state index in [-0.39, 0.29) is 11.8 Å². The lowest BCUT2D eigenvalue weighted by molar-refractivity contribution is -0.117. The summed E-state index contributed by atoms with van der Waals surface area (Å²) in [5.74, 6) is 0.994. The Bertz CT molecular complexity index is 450. The number of nitrogens with one attached hydrogen (secondary N) is 1. The van der Waals surface area contributed by atoms with Gasteiger partial charge in [-0.15, -0.1) is 11.8 Å². The summed E-state index contributed by atoms with van der Waals surface area (Å²) in [5, 5.41) is 3.81. The van der Waals surface area contributed by atoms with E-state index in [1.165, 1.54) is 30.6 Å². The van der Waals surface area contributed by atoms with Crippen LogP contribution in [0, 0.1) is 11.8 Å². The fraction of sp³-hybridized carbons (Fsp3) is 0.562. The molecular formula is C16H21NOS. The second-order valence-corrected chi connectivity index (χ2v) is 7.23. The van der Waals surface area contributed by atoms with Crippen molar-refractivity contribution in [3.8, 4) is 0 Å². The van der Waals surface area contributed by atoms with Gasteiger partial charge in [-0.3, -0.25) is 4.79 Å². The average molecular weight is 275 g/mol. The molecule has 3 heteroatoms. The van der Waals surface area contributed by atoms with Gasteiger partial charge in [-0.05, 0) is 49.4 Å². The first kappa shape index (κ1) is 13.0. The van der Waals surface area contributed by atoms with Crippen molar-refractivity contribution < 1.29 is 4.79 Å². The molecule has 0 unspecified atom stereocenters. The summed E-state index contributed by atoms with van der Waals surface area (Å²) in [7, 11) is 0. The van der Waals surface area contributed by atoms with E-state index >= 15 is 0 Å². The van der Waals surface area contributed by atoms with E-state index in [4.69, 9.17) is 0 Å². The molecule has 0 aliphatic heterocycles. The van der Waals surface area contributed by atoms with Crippen molar-refractivity contribution in [2.75, 3.05) is 5.32 Å². The number of carbonyl (C=O) groups is 1. The molecule has 1 aromatic carbocycles.